The predicted octanol–water partition coefficient (Wildman–Crippen LogP) is 6.12. The number of furan rings is 1. The highest BCUT2D eigenvalue weighted by atomic mass is 79.9. The smallest absolute Gasteiger partial charge is 0.157 e. The standard InChI is InChI=1S/C23H18BrN3O/c1-14-10-11-28-23(14)21-22-15(2)26-20(16-6-4-3-5-7-16)18-12-17(24)8-9-19(18)27(22)13-25-21/h3-13,15H,1-2H3/t15-/m0/s1. The van der Waals surface area contributed by atoms with Gasteiger partial charge in [0, 0.05) is 15.6 Å². The van der Waals surface area contributed by atoms with Crippen LogP contribution in [0.4, 0.5) is 0 Å². The lowest BCUT2D eigenvalue weighted by Gasteiger charge is -2.12. The van der Waals surface area contributed by atoms with E-state index >= 15 is 0 Å². The number of aryl methyl sites for hydroxylation is 1. The first-order chi connectivity index (χ1) is 13.6. The van der Waals surface area contributed by atoms with E-state index in [1.54, 1.807) is 6.26 Å². The van der Waals surface area contributed by atoms with Crippen molar-refractivity contribution in [1.29, 1.82) is 0 Å². The van der Waals surface area contributed by atoms with Gasteiger partial charge in [0.15, 0.2) is 5.76 Å². The zero-order valence-electron chi connectivity index (χ0n) is 15.6. The maximum absolute atomic E-state index is 5.75. The normalized spacial score (nSPS) is 15.5. The predicted molar refractivity (Wildman–Crippen MR) is 114 cm³/mol. The Bertz CT molecular complexity index is 1200. The molecule has 1 atom stereocenters. The lowest BCUT2D eigenvalue weighted by Crippen LogP contribution is -2.06. The van der Waals surface area contributed by atoms with E-state index in [1.807, 2.05) is 37.5 Å². The van der Waals surface area contributed by atoms with Crippen LogP contribution in [0, 0.1) is 6.92 Å². The van der Waals surface area contributed by atoms with E-state index in [0.717, 1.165) is 49.7 Å². The highest BCUT2D eigenvalue weighted by Crippen LogP contribution is 2.37. The minimum absolute atomic E-state index is 0.0802. The molecule has 5 heteroatoms. The molecule has 2 aromatic carbocycles. The van der Waals surface area contributed by atoms with E-state index in [0.29, 0.717) is 0 Å². The molecular formula is C23H18BrN3O. The van der Waals surface area contributed by atoms with Gasteiger partial charge >= 0.3 is 0 Å². The number of hydrogen-bond acceptors (Lipinski definition) is 3. The SMILES string of the molecule is Cc1ccoc1-c1ncn2c1[C@H](C)N=C(c1ccccc1)c1cc(Br)ccc1-2. The van der Waals surface area contributed by atoms with Gasteiger partial charge in [0.05, 0.1) is 29.4 Å². The Balaban J connectivity index is 1.81. The molecule has 2 aromatic heterocycles. The van der Waals surface area contributed by atoms with Crippen molar-refractivity contribution in [3.05, 3.63) is 94.0 Å². The van der Waals surface area contributed by atoms with Gasteiger partial charge in [-0.25, -0.2) is 4.98 Å². The zero-order valence-corrected chi connectivity index (χ0v) is 17.1. The van der Waals surface area contributed by atoms with Gasteiger partial charge in [-0.1, -0.05) is 46.3 Å². The second kappa shape index (κ2) is 6.60. The fourth-order valence-electron chi connectivity index (χ4n) is 3.80. The van der Waals surface area contributed by atoms with Gasteiger partial charge in [-0.2, -0.15) is 0 Å². The summed E-state index contributed by atoms with van der Waals surface area (Å²) in [6, 6.07) is 18.5. The van der Waals surface area contributed by atoms with Crippen LogP contribution in [-0.2, 0) is 0 Å². The molecule has 0 amide bonds. The molecule has 0 N–H and O–H groups in total. The first-order valence-corrected chi connectivity index (χ1v) is 9.98. The fourth-order valence-corrected chi connectivity index (χ4v) is 4.16. The van der Waals surface area contributed by atoms with Crippen LogP contribution in [0.1, 0.15) is 35.3 Å². The van der Waals surface area contributed by atoms with E-state index in [9.17, 15) is 0 Å². The van der Waals surface area contributed by atoms with Crippen LogP contribution in [0.2, 0.25) is 0 Å². The Labute approximate surface area is 171 Å². The number of imidazole rings is 1. The molecule has 1 aliphatic heterocycles. The van der Waals surface area contributed by atoms with E-state index in [-0.39, 0.29) is 6.04 Å². The summed E-state index contributed by atoms with van der Waals surface area (Å²) in [5.41, 5.74) is 7.17. The number of rotatable bonds is 2. The quantitative estimate of drug-likeness (QED) is 0.383. The molecule has 0 saturated heterocycles. The second-order valence-electron chi connectivity index (χ2n) is 6.96. The number of hydrogen-bond donors (Lipinski definition) is 0. The highest BCUT2D eigenvalue weighted by molar-refractivity contribution is 9.10. The van der Waals surface area contributed by atoms with Crippen molar-refractivity contribution in [2.45, 2.75) is 19.9 Å². The molecule has 4 nitrogen and oxygen atoms in total. The van der Waals surface area contributed by atoms with Gasteiger partial charge in [0.2, 0.25) is 0 Å². The van der Waals surface area contributed by atoms with Gasteiger partial charge in [0.1, 0.15) is 12.0 Å². The summed E-state index contributed by atoms with van der Waals surface area (Å²) in [5, 5.41) is 0. The Morgan fingerprint density at radius 2 is 1.89 bits per heavy atom. The van der Waals surface area contributed by atoms with Crippen LogP contribution in [0.5, 0.6) is 0 Å². The van der Waals surface area contributed by atoms with E-state index < -0.39 is 0 Å². The summed E-state index contributed by atoms with van der Waals surface area (Å²) < 4.78 is 8.91. The highest BCUT2D eigenvalue weighted by Gasteiger charge is 2.28. The van der Waals surface area contributed by atoms with Gasteiger partial charge in [-0.15, -0.1) is 0 Å². The van der Waals surface area contributed by atoms with Gasteiger partial charge in [0.25, 0.3) is 0 Å². The van der Waals surface area contributed by atoms with Gasteiger partial charge < -0.3 is 4.42 Å². The van der Waals surface area contributed by atoms with Crippen LogP contribution < -0.4 is 0 Å². The molecular weight excluding hydrogens is 414 g/mol. The Hall–Kier alpha value is -2.92. The number of halogens is 1. The van der Waals surface area contributed by atoms with Crippen LogP contribution in [-0.4, -0.2) is 15.3 Å². The number of benzene rings is 2. The van der Waals surface area contributed by atoms with Crippen LogP contribution in [0.25, 0.3) is 17.1 Å². The summed E-state index contributed by atoms with van der Waals surface area (Å²) in [6.07, 6.45) is 3.58. The number of aromatic nitrogens is 2. The van der Waals surface area contributed by atoms with E-state index in [4.69, 9.17) is 14.4 Å². The molecule has 0 unspecified atom stereocenters. The third-order valence-corrected chi connectivity index (χ3v) is 5.61. The molecule has 0 fully saturated rings. The third kappa shape index (κ3) is 2.66. The Morgan fingerprint density at radius 3 is 2.64 bits per heavy atom. The third-order valence-electron chi connectivity index (χ3n) is 5.12. The summed E-state index contributed by atoms with van der Waals surface area (Å²) in [6.45, 7) is 4.15. The average Bonchev–Trinajstić information content (AvgIpc) is 3.29. The summed E-state index contributed by atoms with van der Waals surface area (Å²) >= 11 is 3.62. The second-order valence-corrected chi connectivity index (χ2v) is 7.88. The average molecular weight is 432 g/mol. The largest absolute Gasteiger partial charge is 0.462 e. The molecule has 0 saturated carbocycles. The van der Waals surface area contributed by atoms with Crippen LogP contribution >= 0.6 is 15.9 Å². The molecule has 0 spiro atoms. The molecule has 28 heavy (non-hydrogen) atoms. The van der Waals surface area contributed by atoms with Gasteiger partial charge in [-0.3, -0.25) is 9.56 Å². The minimum atomic E-state index is -0.0802. The number of nitrogens with zero attached hydrogens (tertiary/aromatic N) is 3. The minimum Gasteiger partial charge on any atom is -0.462 e. The monoisotopic (exact) mass is 431 g/mol. The molecule has 1 aliphatic rings. The Morgan fingerprint density at radius 1 is 1.07 bits per heavy atom. The Kier molecular flexibility index (Phi) is 4.05. The van der Waals surface area contributed by atoms with Gasteiger partial charge in [-0.05, 0) is 43.7 Å². The molecule has 0 aliphatic carbocycles. The topological polar surface area (TPSA) is 43.3 Å². The molecule has 138 valence electrons. The van der Waals surface area contributed by atoms with Crippen molar-refractivity contribution in [2.24, 2.45) is 4.99 Å². The fraction of sp³-hybridized carbons (Fsp3) is 0.130. The first kappa shape index (κ1) is 17.2. The van der Waals surface area contributed by atoms with Crippen molar-refractivity contribution >= 4 is 21.6 Å². The van der Waals surface area contributed by atoms with E-state index in [1.165, 1.54) is 0 Å². The molecule has 5 rings (SSSR count). The van der Waals surface area contributed by atoms with Crippen molar-refractivity contribution in [3.63, 3.8) is 0 Å². The first-order valence-electron chi connectivity index (χ1n) is 9.18. The maximum Gasteiger partial charge on any atom is 0.157 e. The van der Waals surface area contributed by atoms with Crippen LogP contribution in [0.15, 0.2) is 81.1 Å². The summed E-state index contributed by atoms with van der Waals surface area (Å²) in [4.78, 5) is 9.84. The van der Waals surface area contributed by atoms with E-state index in [2.05, 4.69) is 57.8 Å². The zero-order chi connectivity index (χ0) is 19.3. The number of fused-ring (bicyclic) bond motifs is 3. The maximum atomic E-state index is 5.75. The van der Waals surface area contributed by atoms with Crippen molar-refractivity contribution in [3.8, 4) is 17.1 Å². The lowest BCUT2D eigenvalue weighted by molar-refractivity contribution is 0.576. The summed E-state index contributed by atoms with van der Waals surface area (Å²) in [7, 11) is 0. The summed E-state index contributed by atoms with van der Waals surface area (Å²) in [5.74, 6) is 0.803. The number of aliphatic imine (C=N–C) groups is 1. The van der Waals surface area contributed by atoms with Crippen LogP contribution in [0.3, 0.4) is 0 Å². The van der Waals surface area contributed by atoms with Crippen molar-refractivity contribution in [2.75, 3.05) is 0 Å². The molecule has 0 bridgehead atoms. The molecule has 0 radical (unpaired) electrons. The van der Waals surface area contributed by atoms with Crippen molar-refractivity contribution < 1.29 is 4.42 Å². The lowest BCUT2D eigenvalue weighted by atomic mass is 10.0. The molecule has 3 heterocycles. The molecule has 4 aromatic rings. The van der Waals surface area contributed by atoms with Crippen molar-refractivity contribution in [1.82, 2.24) is 9.55 Å².